The van der Waals surface area contributed by atoms with Crippen molar-refractivity contribution in [2.24, 2.45) is 0 Å². The fourth-order valence-corrected chi connectivity index (χ4v) is 3.76. The monoisotopic (exact) mass is 316 g/mol. The molecule has 1 fully saturated rings. The molecule has 2 atom stereocenters. The third kappa shape index (κ3) is 2.35. The van der Waals surface area contributed by atoms with E-state index in [0.29, 0.717) is 0 Å². The Hall–Kier alpha value is -2.42. The molecule has 24 heavy (non-hydrogen) atoms. The zero-order valence-corrected chi connectivity index (χ0v) is 13.4. The lowest BCUT2D eigenvalue weighted by Gasteiger charge is -2.35. The molecule has 2 unspecified atom stereocenters. The predicted octanol–water partition coefficient (Wildman–Crippen LogP) is 3.78. The van der Waals surface area contributed by atoms with Crippen molar-refractivity contribution in [2.45, 2.75) is 17.6 Å². The van der Waals surface area contributed by atoms with E-state index in [0.717, 1.165) is 0 Å². The molecule has 4 rings (SSSR count). The zero-order valence-electron chi connectivity index (χ0n) is 13.4. The summed E-state index contributed by atoms with van der Waals surface area (Å²) in [6.07, 6.45) is -0.208. The van der Waals surface area contributed by atoms with Gasteiger partial charge in [-0.05, 0) is 16.7 Å². The first-order valence-corrected chi connectivity index (χ1v) is 8.30. The minimum absolute atomic E-state index is 0.0406. The SMILES string of the molecule is OCC1OC1C(c1ccccc1)(c1ccccc1)c1ccccc1. The number of aliphatic hydroxyl groups is 1. The molecule has 3 aromatic carbocycles. The van der Waals surface area contributed by atoms with Gasteiger partial charge < -0.3 is 9.84 Å². The number of benzene rings is 3. The Balaban J connectivity index is 2.00. The summed E-state index contributed by atoms with van der Waals surface area (Å²) in [4.78, 5) is 0. The van der Waals surface area contributed by atoms with E-state index < -0.39 is 5.41 Å². The van der Waals surface area contributed by atoms with Gasteiger partial charge in [-0.1, -0.05) is 91.0 Å². The van der Waals surface area contributed by atoms with E-state index in [2.05, 4.69) is 72.8 Å². The molecule has 3 aromatic rings. The van der Waals surface area contributed by atoms with Crippen molar-refractivity contribution < 1.29 is 9.84 Å². The molecule has 0 aliphatic carbocycles. The Bertz CT molecular complexity index is 687. The van der Waals surface area contributed by atoms with Crippen molar-refractivity contribution >= 4 is 0 Å². The molecular formula is C22H20O2. The number of hydrogen-bond donors (Lipinski definition) is 1. The Kier molecular flexibility index (Phi) is 3.93. The largest absolute Gasteiger partial charge is 0.394 e. The van der Waals surface area contributed by atoms with E-state index >= 15 is 0 Å². The minimum Gasteiger partial charge on any atom is -0.394 e. The van der Waals surface area contributed by atoms with Gasteiger partial charge in [0.1, 0.15) is 12.2 Å². The molecule has 1 aliphatic rings. The fraction of sp³-hybridized carbons (Fsp3) is 0.182. The molecule has 2 nitrogen and oxygen atoms in total. The lowest BCUT2D eigenvalue weighted by atomic mass is 9.66. The van der Waals surface area contributed by atoms with Crippen LogP contribution < -0.4 is 0 Å². The van der Waals surface area contributed by atoms with Crippen molar-refractivity contribution in [3.05, 3.63) is 108 Å². The third-order valence-corrected chi connectivity index (χ3v) is 4.88. The molecule has 0 spiro atoms. The first-order valence-electron chi connectivity index (χ1n) is 8.30. The number of rotatable bonds is 5. The summed E-state index contributed by atoms with van der Waals surface area (Å²) < 4.78 is 5.94. The van der Waals surface area contributed by atoms with Crippen LogP contribution in [0.3, 0.4) is 0 Å². The third-order valence-electron chi connectivity index (χ3n) is 4.88. The highest BCUT2D eigenvalue weighted by molar-refractivity contribution is 5.53. The van der Waals surface area contributed by atoms with Gasteiger partial charge in [-0.3, -0.25) is 0 Å². The highest BCUT2D eigenvalue weighted by Gasteiger charge is 2.57. The maximum Gasteiger partial charge on any atom is 0.109 e. The minimum atomic E-state index is -0.419. The quantitative estimate of drug-likeness (QED) is 0.574. The van der Waals surface area contributed by atoms with Gasteiger partial charge in [0.2, 0.25) is 0 Å². The van der Waals surface area contributed by atoms with Gasteiger partial charge >= 0.3 is 0 Å². The number of ether oxygens (including phenoxy) is 1. The summed E-state index contributed by atoms with van der Waals surface area (Å²) in [7, 11) is 0. The maximum absolute atomic E-state index is 9.66. The average molecular weight is 316 g/mol. The van der Waals surface area contributed by atoms with E-state index in [1.807, 2.05) is 18.2 Å². The maximum atomic E-state index is 9.66. The first-order chi connectivity index (χ1) is 11.9. The molecule has 0 amide bonds. The van der Waals surface area contributed by atoms with Crippen molar-refractivity contribution in [1.29, 1.82) is 0 Å². The van der Waals surface area contributed by atoms with Crippen LogP contribution in [0, 0.1) is 0 Å². The van der Waals surface area contributed by atoms with Gasteiger partial charge in [0, 0.05) is 0 Å². The van der Waals surface area contributed by atoms with Crippen molar-refractivity contribution in [2.75, 3.05) is 6.61 Å². The van der Waals surface area contributed by atoms with Crippen molar-refractivity contribution in [3.8, 4) is 0 Å². The lowest BCUT2D eigenvalue weighted by molar-refractivity contribution is 0.239. The van der Waals surface area contributed by atoms with Crippen molar-refractivity contribution in [3.63, 3.8) is 0 Å². The second kappa shape index (κ2) is 6.23. The molecule has 1 saturated heterocycles. The number of aliphatic hydroxyl groups excluding tert-OH is 1. The smallest absolute Gasteiger partial charge is 0.109 e. The van der Waals surface area contributed by atoms with Gasteiger partial charge in [0.15, 0.2) is 0 Å². The molecular weight excluding hydrogens is 296 g/mol. The van der Waals surface area contributed by atoms with Crippen LogP contribution in [0.15, 0.2) is 91.0 Å². The van der Waals surface area contributed by atoms with Gasteiger partial charge in [-0.25, -0.2) is 0 Å². The summed E-state index contributed by atoms with van der Waals surface area (Å²) >= 11 is 0. The highest BCUT2D eigenvalue weighted by atomic mass is 16.6. The summed E-state index contributed by atoms with van der Waals surface area (Å²) in [6.45, 7) is 0.0406. The van der Waals surface area contributed by atoms with Gasteiger partial charge in [-0.15, -0.1) is 0 Å². The van der Waals surface area contributed by atoms with E-state index in [9.17, 15) is 5.11 Å². The Morgan fingerprint density at radius 3 is 1.33 bits per heavy atom. The van der Waals surface area contributed by atoms with E-state index in [4.69, 9.17) is 4.74 Å². The number of hydrogen-bond acceptors (Lipinski definition) is 2. The summed E-state index contributed by atoms with van der Waals surface area (Å²) in [6, 6.07) is 31.4. The van der Waals surface area contributed by atoms with E-state index in [-0.39, 0.29) is 18.8 Å². The van der Waals surface area contributed by atoms with Crippen LogP contribution in [0.2, 0.25) is 0 Å². The van der Waals surface area contributed by atoms with Gasteiger partial charge in [0.05, 0.1) is 12.0 Å². The number of epoxide rings is 1. The van der Waals surface area contributed by atoms with Crippen LogP contribution in [-0.2, 0) is 10.2 Å². The highest BCUT2D eigenvalue weighted by Crippen LogP contribution is 2.50. The fourth-order valence-electron chi connectivity index (χ4n) is 3.76. The Morgan fingerprint density at radius 2 is 1.04 bits per heavy atom. The molecule has 1 N–H and O–H groups in total. The molecule has 0 saturated carbocycles. The van der Waals surface area contributed by atoms with Gasteiger partial charge in [0.25, 0.3) is 0 Å². The molecule has 0 radical (unpaired) electrons. The molecule has 120 valence electrons. The summed E-state index contributed by atoms with van der Waals surface area (Å²) in [5.41, 5.74) is 3.13. The summed E-state index contributed by atoms with van der Waals surface area (Å²) in [5.74, 6) is 0. The Morgan fingerprint density at radius 1 is 0.667 bits per heavy atom. The molecule has 0 aromatic heterocycles. The van der Waals surface area contributed by atoms with Crippen LogP contribution >= 0.6 is 0 Å². The Labute approximate surface area is 142 Å². The summed E-state index contributed by atoms with van der Waals surface area (Å²) in [5, 5.41) is 9.66. The predicted molar refractivity (Wildman–Crippen MR) is 95.0 cm³/mol. The normalized spacial score (nSPS) is 19.9. The molecule has 2 heteroatoms. The second-order valence-electron chi connectivity index (χ2n) is 6.18. The van der Waals surface area contributed by atoms with Crippen molar-refractivity contribution in [1.82, 2.24) is 0 Å². The van der Waals surface area contributed by atoms with Crippen LogP contribution in [0.5, 0.6) is 0 Å². The van der Waals surface area contributed by atoms with Crippen LogP contribution in [-0.4, -0.2) is 23.9 Å². The van der Waals surface area contributed by atoms with E-state index in [1.54, 1.807) is 0 Å². The molecule has 0 bridgehead atoms. The van der Waals surface area contributed by atoms with Crippen LogP contribution in [0.1, 0.15) is 16.7 Å². The lowest BCUT2D eigenvalue weighted by Crippen LogP contribution is -2.37. The topological polar surface area (TPSA) is 32.8 Å². The second-order valence-corrected chi connectivity index (χ2v) is 6.18. The first kappa shape index (κ1) is 15.1. The average Bonchev–Trinajstić information content (AvgIpc) is 3.45. The standard InChI is InChI=1S/C22H20O2/c23-16-20-21(24-20)22(17-10-4-1-5-11-17,18-12-6-2-7-13-18)19-14-8-3-9-15-19/h1-15,20-21,23H,16H2. The zero-order chi connectivity index (χ0) is 16.4. The van der Waals surface area contributed by atoms with E-state index in [1.165, 1.54) is 16.7 Å². The van der Waals surface area contributed by atoms with Crippen LogP contribution in [0.25, 0.3) is 0 Å². The van der Waals surface area contributed by atoms with Gasteiger partial charge in [-0.2, -0.15) is 0 Å². The van der Waals surface area contributed by atoms with Crippen LogP contribution in [0.4, 0.5) is 0 Å². The molecule has 1 heterocycles. The molecule has 1 aliphatic heterocycles.